The Kier molecular flexibility index (Phi) is 17.0. The quantitative estimate of drug-likeness (QED) is 0.143. The van der Waals surface area contributed by atoms with Gasteiger partial charge in [0, 0.05) is 70.9 Å². The second kappa shape index (κ2) is 30.2. The van der Waals surface area contributed by atoms with Gasteiger partial charge in [-0.2, -0.15) is 0 Å². The molecular weight excluding hydrogens is 1650 g/mol. The molecule has 9 nitrogen and oxygen atoms in total. The van der Waals surface area contributed by atoms with Crippen LogP contribution in [0.3, 0.4) is 0 Å². The molecule has 0 amide bonds. The van der Waals surface area contributed by atoms with E-state index in [4.69, 9.17) is 26.5 Å². The molecule has 21 aromatic carbocycles. The first kappa shape index (κ1) is 75.8. The maximum atomic E-state index is 6.64. The van der Waals surface area contributed by atoms with Crippen LogP contribution in [0.4, 0.5) is 0 Å². The maximum absolute atomic E-state index is 6.64. The van der Waals surface area contributed by atoms with Gasteiger partial charge in [0.15, 0.2) is 16.7 Å². The number of para-hydroxylation sites is 6. The molecule has 0 aliphatic rings. The van der Waals surface area contributed by atoms with Gasteiger partial charge in [-0.15, -0.1) is 0 Å². The molecule has 0 saturated heterocycles. The van der Waals surface area contributed by atoms with Gasteiger partial charge >= 0.3 is 0 Å². The van der Waals surface area contributed by atoms with Crippen molar-refractivity contribution in [3.63, 3.8) is 0 Å². The molecule has 0 aliphatic carbocycles. The van der Waals surface area contributed by atoms with Gasteiger partial charge in [0.2, 0.25) is 0 Å². The van der Waals surface area contributed by atoms with Crippen LogP contribution in [0, 0.1) is 0 Å². The summed E-state index contributed by atoms with van der Waals surface area (Å²) in [6.07, 6.45) is 0. The first-order valence-corrected chi connectivity index (χ1v) is 45.8. The van der Waals surface area contributed by atoms with Crippen LogP contribution >= 0.6 is 0 Å². The van der Waals surface area contributed by atoms with Crippen LogP contribution in [0.1, 0.15) is 0 Å². The zero-order chi connectivity index (χ0) is 88.5. The van der Waals surface area contributed by atoms with E-state index in [1.165, 1.54) is 32.3 Å². The van der Waals surface area contributed by atoms with Crippen LogP contribution in [0.5, 0.6) is 0 Å². The van der Waals surface area contributed by atoms with E-state index in [1.54, 1.807) is 0 Å². The molecule has 0 radical (unpaired) electrons. The lowest BCUT2D eigenvalue weighted by Gasteiger charge is -2.11. The Morgan fingerprint density at radius 2 is 0.459 bits per heavy atom. The minimum atomic E-state index is 0.883. The summed E-state index contributed by atoms with van der Waals surface area (Å²) in [5.74, 6) is 0. The Labute approximate surface area is 770 Å². The molecule has 0 saturated carbocycles. The largest absolute Gasteiger partial charge is 0.456 e. The highest BCUT2D eigenvalue weighted by molar-refractivity contribution is 6.26. The van der Waals surface area contributed by atoms with Gasteiger partial charge in [0.05, 0.1) is 32.7 Å². The van der Waals surface area contributed by atoms with Crippen molar-refractivity contribution < 1.29 is 26.5 Å². The Morgan fingerprint density at radius 1 is 0.141 bits per heavy atom. The van der Waals surface area contributed by atoms with Crippen molar-refractivity contribution in [3.8, 4) is 83.8 Å². The summed E-state index contributed by atoms with van der Waals surface area (Å²) in [6, 6.07) is 161. The number of hydrogen-bond donors (Lipinski definition) is 0. The Morgan fingerprint density at radius 3 is 0.941 bits per heavy atom. The topological polar surface area (TPSA) is 93.6 Å². The van der Waals surface area contributed by atoms with Gasteiger partial charge in [0.25, 0.3) is 0 Å². The average Bonchev–Trinajstić information content (AvgIpc) is 1.56. The molecule has 0 N–H and O–H groups in total. The van der Waals surface area contributed by atoms with Crippen molar-refractivity contribution in [2.24, 2.45) is 0 Å². The van der Waals surface area contributed by atoms with E-state index >= 15 is 0 Å². The number of aromatic nitrogens is 3. The van der Waals surface area contributed by atoms with E-state index in [0.29, 0.717) is 0 Å². The summed E-state index contributed by atoms with van der Waals surface area (Å²) in [7, 11) is 0. The minimum absolute atomic E-state index is 0.883. The van der Waals surface area contributed by atoms with Crippen LogP contribution < -0.4 is 0 Å². The average molecular weight is 1730 g/mol. The van der Waals surface area contributed by atoms with Crippen molar-refractivity contribution in [2.45, 2.75) is 0 Å². The SMILES string of the molecule is c1ccc(-n2c3ccccc3c3oc4cccc(-c5cccc(-c6ccc7c(c6)oc6cc8ccccc8cc67)c5)c4c32)cc1.c1ccc(-n2c3ccccc3c3oc4cccc(-c5cccc(-c6ccc7c(c6)oc6ccc8ccccc8c67)c5)c4c32)cc1.c1ccc(-n2c3ccccc3c3oc4cccc(-c5cccc(-c6cccc7oc8c9ccccc9ccc8c67)c5)c4c32)cc1. The Bertz CT molecular complexity index is 10100. The van der Waals surface area contributed by atoms with Gasteiger partial charge < -0.3 is 40.2 Å². The number of nitrogens with zero attached hydrogens (tertiary/aromatic N) is 3. The normalized spacial score (nSPS) is 12.0. The van der Waals surface area contributed by atoms with Crippen molar-refractivity contribution in [2.75, 3.05) is 0 Å². The maximum Gasteiger partial charge on any atom is 0.161 e. The van der Waals surface area contributed by atoms with Crippen molar-refractivity contribution in [1.82, 2.24) is 13.7 Å². The van der Waals surface area contributed by atoms with Crippen LogP contribution in [-0.4, -0.2) is 13.7 Å². The monoisotopic (exact) mass is 1730 g/mol. The van der Waals surface area contributed by atoms with E-state index in [0.717, 1.165) is 249 Å². The summed E-state index contributed by atoms with van der Waals surface area (Å²) in [6.45, 7) is 0. The highest BCUT2D eigenvalue weighted by Gasteiger charge is 2.28. The van der Waals surface area contributed by atoms with Gasteiger partial charge in [-0.05, 0) is 257 Å². The molecule has 0 aliphatic heterocycles. The van der Waals surface area contributed by atoms with Crippen molar-refractivity contribution >= 4 is 197 Å². The van der Waals surface area contributed by atoms with Crippen LogP contribution in [0.25, 0.3) is 281 Å². The van der Waals surface area contributed by atoms with Gasteiger partial charge in [0.1, 0.15) is 66.8 Å². The fraction of sp³-hybridized carbons (Fsp3) is 0. The van der Waals surface area contributed by atoms with Crippen LogP contribution in [0.15, 0.2) is 481 Å². The van der Waals surface area contributed by atoms with E-state index in [9.17, 15) is 0 Å². The summed E-state index contributed by atoms with van der Waals surface area (Å²) >= 11 is 0. The van der Waals surface area contributed by atoms with Crippen molar-refractivity contribution in [3.05, 3.63) is 455 Å². The van der Waals surface area contributed by atoms with Crippen molar-refractivity contribution in [1.29, 1.82) is 0 Å². The molecule has 9 heteroatoms. The molecule has 0 fully saturated rings. The zero-order valence-corrected chi connectivity index (χ0v) is 72.6. The fourth-order valence-corrected chi connectivity index (χ4v) is 21.5. The summed E-state index contributed by atoms with van der Waals surface area (Å²) in [5.41, 5.74) is 34.5. The third kappa shape index (κ3) is 12.0. The predicted octanol–water partition coefficient (Wildman–Crippen LogP) is 35.7. The first-order chi connectivity index (χ1) is 66.9. The van der Waals surface area contributed by atoms with Gasteiger partial charge in [-0.1, -0.05) is 291 Å². The first-order valence-electron chi connectivity index (χ1n) is 45.8. The third-order valence-corrected chi connectivity index (χ3v) is 27.5. The van der Waals surface area contributed by atoms with E-state index in [2.05, 4.69) is 469 Å². The number of fused-ring (bicyclic) bond motifs is 29. The molecule has 0 spiro atoms. The van der Waals surface area contributed by atoms with Gasteiger partial charge in [-0.25, -0.2) is 0 Å². The molecule has 630 valence electrons. The molecular formula is C126H75N3O6. The van der Waals surface area contributed by atoms with E-state index < -0.39 is 0 Å². The van der Waals surface area contributed by atoms with E-state index in [1.807, 2.05) is 0 Å². The number of benzene rings is 21. The van der Waals surface area contributed by atoms with Gasteiger partial charge in [-0.3, -0.25) is 0 Å². The number of hydrogen-bond acceptors (Lipinski definition) is 6. The third-order valence-electron chi connectivity index (χ3n) is 27.5. The number of rotatable bonds is 9. The smallest absolute Gasteiger partial charge is 0.161 e. The summed E-state index contributed by atoms with van der Waals surface area (Å²) in [5, 5.41) is 20.7. The lowest BCUT2D eigenvalue weighted by Crippen LogP contribution is -1.93. The lowest BCUT2D eigenvalue weighted by atomic mass is 9.94. The highest BCUT2D eigenvalue weighted by Crippen LogP contribution is 2.50. The molecule has 0 atom stereocenters. The van der Waals surface area contributed by atoms with Crippen LogP contribution in [0.2, 0.25) is 0 Å². The van der Waals surface area contributed by atoms with Crippen LogP contribution in [-0.2, 0) is 0 Å². The Balaban J connectivity index is 0.000000101. The molecule has 9 heterocycles. The van der Waals surface area contributed by atoms with E-state index in [-0.39, 0.29) is 0 Å². The Hall–Kier alpha value is -18.2. The summed E-state index contributed by atoms with van der Waals surface area (Å²) in [4.78, 5) is 0. The molecule has 0 bridgehead atoms. The lowest BCUT2D eigenvalue weighted by molar-refractivity contribution is 0.669. The molecule has 135 heavy (non-hydrogen) atoms. The molecule has 30 rings (SSSR count). The second-order valence-corrected chi connectivity index (χ2v) is 35.1. The minimum Gasteiger partial charge on any atom is -0.456 e. The fourth-order valence-electron chi connectivity index (χ4n) is 21.5. The second-order valence-electron chi connectivity index (χ2n) is 35.1. The zero-order valence-electron chi connectivity index (χ0n) is 72.6. The molecule has 30 aromatic rings. The predicted molar refractivity (Wildman–Crippen MR) is 559 cm³/mol. The standard InChI is InChI=1S/3C42H25NO2/c1-2-14-29(15-3-1)43-35-20-7-6-17-33(35)42-40(43)39-31(19-10-22-37(39)45-42)28-13-8-12-27(25-28)30-18-9-21-36-38(30)34-24-23-26-11-4-5-16-32(26)41(34)44-36;1-2-13-30(14-3-1)43-35-18-7-6-16-33(35)42-41(43)40-32(17-9-19-36(40)45-42)29-12-8-11-27(24-29)28-20-22-34-38(25-28)44-37-23-21-26-10-4-5-15-31(26)39(34)37;1-2-14-31(15-3-1)43-36-18-7-6-16-34(36)42-41(43)40-32(17-9-19-37(40)45-42)30-13-8-12-26(22-30)29-20-21-33-35-23-27-10-4-5-11-28(27)24-39(35)44-38(33)25-29/h3*1-25H. The highest BCUT2D eigenvalue weighted by atomic mass is 16.4. The number of furan rings is 6. The molecule has 9 aromatic heterocycles. The molecule has 0 unspecified atom stereocenters. The summed E-state index contributed by atoms with van der Waals surface area (Å²) < 4.78 is 46.2.